The summed E-state index contributed by atoms with van der Waals surface area (Å²) in [5.41, 5.74) is 2.81. The molecule has 2 aromatic rings. The Labute approximate surface area is 147 Å². The van der Waals surface area contributed by atoms with Crippen LogP contribution in [0.4, 0.5) is 0 Å². The van der Waals surface area contributed by atoms with Crippen molar-refractivity contribution in [3.05, 3.63) is 40.8 Å². The molecular formula is C19H24N4O2. The van der Waals surface area contributed by atoms with Gasteiger partial charge < -0.3 is 5.32 Å². The molecule has 0 aliphatic heterocycles. The Morgan fingerprint density at radius 1 is 1.32 bits per heavy atom. The number of nitrogens with zero attached hydrogens (tertiary/aromatic N) is 3. The maximum atomic E-state index is 12.5. The van der Waals surface area contributed by atoms with Crippen molar-refractivity contribution in [2.45, 2.75) is 47.0 Å². The lowest BCUT2D eigenvalue weighted by atomic mass is 9.75. The molecule has 0 radical (unpaired) electrons. The number of nitrogens with one attached hydrogen (secondary N) is 1. The molecule has 0 unspecified atom stereocenters. The number of amides is 1. The second-order valence-corrected chi connectivity index (χ2v) is 7.42. The van der Waals surface area contributed by atoms with E-state index in [9.17, 15) is 9.59 Å². The number of aromatic nitrogens is 3. The molecule has 132 valence electrons. The van der Waals surface area contributed by atoms with Gasteiger partial charge >= 0.3 is 0 Å². The van der Waals surface area contributed by atoms with E-state index >= 15 is 0 Å². The van der Waals surface area contributed by atoms with Crippen LogP contribution >= 0.6 is 0 Å². The summed E-state index contributed by atoms with van der Waals surface area (Å²) in [6.45, 7) is 8.69. The minimum Gasteiger partial charge on any atom is -0.352 e. The first-order valence-corrected chi connectivity index (χ1v) is 8.69. The van der Waals surface area contributed by atoms with E-state index in [4.69, 9.17) is 0 Å². The van der Waals surface area contributed by atoms with E-state index in [1.807, 2.05) is 13.8 Å². The van der Waals surface area contributed by atoms with Crippen molar-refractivity contribution in [2.75, 3.05) is 6.54 Å². The molecule has 0 aromatic carbocycles. The maximum Gasteiger partial charge on any atom is 0.252 e. The molecule has 0 saturated heterocycles. The monoisotopic (exact) mass is 340 g/mol. The minimum atomic E-state index is -0.129. The van der Waals surface area contributed by atoms with E-state index in [0.717, 1.165) is 29.8 Å². The van der Waals surface area contributed by atoms with Crippen molar-refractivity contribution in [3.63, 3.8) is 0 Å². The van der Waals surface area contributed by atoms with Gasteiger partial charge in [0.05, 0.1) is 22.5 Å². The number of rotatable bonds is 4. The standard InChI is InChI=1S/C19H24N4O2/c1-5-8-20-18(25)13-6-7-16(21-11-13)23-14-9-19(3,4)10-15(24)17(14)12(2)22-23/h6-7,11H,5,8-10H2,1-4H3,(H,20,25). The number of fused-ring (bicyclic) bond motifs is 1. The average molecular weight is 340 g/mol. The van der Waals surface area contributed by atoms with Gasteiger partial charge in [0.1, 0.15) is 0 Å². The van der Waals surface area contributed by atoms with E-state index in [1.54, 1.807) is 23.0 Å². The molecular weight excluding hydrogens is 316 g/mol. The predicted molar refractivity (Wildman–Crippen MR) is 95.2 cm³/mol. The lowest BCUT2D eigenvalue weighted by Crippen LogP contribution is -2.28. The highest BCUT2D eigenvalue weighted by Crippen LogP contribution is 2.36. The fourth-order valence-electron chi connectivity index (χ4n) is 3.32. The van der Waals surface area contributed by atoms with E-state index in [1.165, 1.54) is 0 Å². The second kappa shape index (κ2) is 6.43. The van der Waals surface area contributed by atoms with Crippen LogP contribution in [0.2, 0.25) is 0 Å². The molecule has 1 amide bonds. The van der Waals surface area contributed by atoms with Gasteiger partial charge in [-0.1, -0.05) is 20.8 Å². The Balaban J connectivity index is 1.95. The number of carbonyl (C=O) groups is 2. The topological polar surface area (TPSA) is 76.9 Å². The van der Waals surface area contributed by atoms with Gasteiger partial charge in [-0.15, -0.1) is 0 Å². The van der Waals surface area contributed by atoms with Crippen LogP contribution in [0.15, 0.2) is 18.3 Å². The van der Waals surface area contributed by atoms with Crippen LogP contribution in [-0.2, 0) is 6.42 Å². The molecule has 3 rings (SSSR count). The second-order valence-electron chi connectivity index (χ2n) is 7.42. The molecule has 1 N–H and O–H groups in total. The lowest BCUT2D eigenvalue weighted by Gasteiger charge is -2.29. The van der Waals surface area contributed by atoms with E-state index < -0.39 is 0 Å². The van der Waals surface area contributed by atoms with Gasteiger partial charge in [-0.2, -0.15) is 5.10 Å². The first-order chi connectivity index (χ1) is 11.8. The highest BCUT2D eigenvalue weighted by molar-refractivity contribution is 5.99. The van der Waals surface area contributed by atoms with Crippen LogP contribution in [0.1, 0.15) is 65.7 Å². The Hall–Kier alpha value is -2.50. The molecule has 0 saturated carbocycles. The van der Waals surface area contributed by atoms with Crippen LogP contribution in [-0.4, -0.2) is 33.0 Å². The first-order valence-electron chi connectivity index (χ1n) is 8.69. The fraction of sp³-hybridized carbons (Fsp3) is 0.474. The number of hydrogen-bond acceptors (Lipinski definition) is 4. The Morgan fingerprint density at radius 2 is 2.08 bits per heavy atom. The van der Waals surface area contributed by atoms with Gasteiger partial charge in [0.2, 0.25) is 0 Å². The summed E-state index contributed by atoms with van der Waals surface area (Å²) in [7, 11) is 0. The Bertz CT molecular complexity index is 819. The highest BCUT2D eigenvalue weighted by atomic mass is 16.1. The van der Waals surface area contributed by atoms with Gasteiger partial charge in [-0.3, -0.25) is 9.59 Å². The normalized spacial score (nSPS) is 15.8. The number of pyridine rings is 1. The molecule has 6 nitrogen and oxygen atoms in total. The fourth-order valence-corrected chi connectivity index (χ4v) is 3.32. The smallest absolute Gasteiger partial charge is 0.252 e. The summed E-state index contributed by atoms with van der Waals surface area (Å²) in [4.78, 5) is 28.9. The third kappa shape index (κ3) is 3.34. The Kier molecular flexibility index (Phi) is 4.45. The third-order valence-electron chi connectivity index (χ3n) is 4.48. The summed E-state index contributed by atoms with van der Waals surface area (Å²) in [6.07, 6.45) is 3.76. The van der Waals surface area contributed by atoms with Crippen molar-refractivity contribution >= 4 is 11.7 Å². The van der Waals surface area contributed by atoms with E-state index in [0.29, 0.717) is 24.3 Å². The van der Waals surface area contributed by atoms with Crippen molar-refractivity contribution in [2.24, 2.45) is 5.41 Å². The van der Waals surface area contributed by atoms with Gasteiger partial charge in [-0.25, -0.2) is 9.67 Å². The zero-order valence-corrected chi connectivity index (χ0v) is 15.2. The molecule has 0 bridgehead atoms. The van der Waals surface area contributed by atoms with Gasteiger partial charge in [0.15, 0.2) is 11.6 Å². The Morgan fingerprint density at radius 3 is 2.72 bits per heavy atom. The summed E-state index contributed by atoms with van der Waals surface area (Å²) < 4.78 is 1.75. The number of carbonyl (C=O) groups excluding carboxylic acids is 2. The van der Waals surface area contributed by atoms with E-state index in [-0.39, 0.29) is 17.1 Å². The first kappa shape index (κ1) is 17.3. The number of Topliss-reactive ketones (excluding diaryl/α,β-unsaturated/α-hetero) is 1. The maximum absolute atomic E-state index is 12.5. The number of ketones is 1. The van der Waals surface area contributed by atoms with Crippen molar-refractivity contribution in [3.8, 4) is 5.82 Å². The molecule has 2 heterocycles. The lowest BCUT2D eigenvalue weighted by molar-refractivity contribution is 0.0908. The third-order valence-corrected chi connectivity index (χ3v) is 4.48. The molecule has 25 heavy (non-hydrogen) atoms. The zero-order valence-electron chi connectivity index (χ0n) is 15.2. The van der Waals surface area contributed by atoms with Crippen LogP contribution < -0.4 is 5.32 Å². The van der Waals surface area contributed by atoms with Crippen LogP contribution in [0.3, 0.4) is 0 Å². The van der Waals surface area contributed by atoms with Crippen LogP contribution in [0.5, 0.6) is 0 Å². The number of aryl methyl sites for hydroxylation is 1. The van der Waals surface area contributed by atoms with Gasteiger partial charge in [0, 0.05) is 19.2 Å². The molecule has 0 atom stereocenters. The average Bonchev–Trinajstić information content (AvgIpc) is 2.88. The quantitative estimate of drug-likeness (QED) is 0.928. The summed E-state index contributed by atoms with van der Waals surface area (Å²) in [5.74, 6) is 0.642. The largest absolute Gasteiger partial charge is 0.352 e. The molecule has 1 aliphatic carbocycles. The summed E-state index contributed by atoms with van der Waals surface area (Å²) in [6, 6.07) is 3.52. The highest BCUT2D eigenvalue weighted by Gasteiger charge is 2.35. The molecule has 1 aliphatic rings. The van der Waals surface area contributed by atoms with Crippen molar-refractivity contribution in [1.82, 2.24) is 20.1 Å². The van der Waals surface area contributed by atoms with Gasteiger partial charge in [-0.05, 0) is 37.3 Å². The predicted octanol–water partition coefficient (Wildman–Crippen LogP) is 2.87. The van der Waals surface area contributed by atoms with Crippen LogP contribution in [0, 0.1) is 12.3 Å². The molecule has 6 heteroatoms. The molecule has 0 spiro atoms. The van der Waals surface area contributed by atoms with Gasteiger partial charge in [0.25, 0.3) is 5.91 Å². The van der Waals surface area contributed by atoms with Crippen molar-refractivity contribution in [1.29, 1.82) is 0 Å². The van der Waals surface area contributed by atoms with Crippen molar-refractivity contribution < 1.29 is 9.59 Å². The minimum absolute atomic E-state index is 0.0890. The molecule has 2 aromatic heterocycles. The number of hydrogen-bond donors (Lipinski definition) is 1. The SMILES string of the molecule is CCCNC(=O)c1ccc(-n2nc(C)c3c2CC(C)(C)CC3=O)nc1. The zero-order chi connectivity index (χ0) is 18.2. The van der Waals surface area contributed by atoms with Crippen LogP contribution in [0.25, 0.3) is 5.82 Å². The summed E-state index contributed by atoms with van der Waals surface area (Å²) >= 11 is 0. The molecule has 0 fully saturated rings. The van der Waals surface area contributed by atoms with E-state index in [2.05, 4.69) is 29.2 Å². The summed E-state index contributed by atoms with van der Waals surface area (Å²) in [5, 5.41) is 7.37.